The third kappa shape index (κ3) is 2.80. The van der Waals surface area contributed by atoms with Gasteiger partial charge in [-0.3, -0.25) is 4.79 Å². The van der Waals surface area contributed by atoms with Crippen molar-refractivity contribution in [3.63, 3.8) is 0 Å². The van der Waals surface area contributed by atoms with Crippen LogP contribution >= 0.6 is 0 Å². The van der Waals surface area contributed by atoms with Crippen molar-refractivity contribution in [2.75, 3.05) is 0 Å². The van der Waals surface area contributed by atoms with Crippen molar-refractivity contribution in [1.82, 2.24) is 0 Å². The Morgan fingerprint density at radius 2 is 2.07 bits per heavy atom. The number of hydrogen-bond donors (Lipinski definition) is 0. The van der Waals surface area contributed by atoms with E-state index in [0.29, 0.717) is 5.92 Å². The van der Waals surface area contributed by atoms with Crippen LogP contribution in [0.4, 0.5) is 0 Å². The number of rotatable bonds is 2. The van der Waals surface area contributed by atoms with E-state index in [4.69, 9.17) is 0 Å². The molecule has 0 aromatic carbocycles. The van der Waals surface area contributed by atoms with E-state index in [-0.39, 0.29) is 11.2 Å². The molecule has 1 nitrogen and oxygen atoms in total. The average Bonchev–Trinajstić information content (AvgIpc) is 2.10. The maximum Gasteiger partial charge on any atom is 0.155 e. The number of carbonyl (C=O) groups excluding carboxylic acids is 1. The quantitative estimate of drug-likeness (QED) is 0.494. The smallest absolute Gasteiger partial charge is 0.155 e. The molecule has 0 heterocycles. The standard InChI is InChI=1S/C14H22O/c1-10-7-6-8-14(4,5)13(10)9-11(2)12(3)15/h7,9,13H,6,8H2,1-5H3/b11-9+/t13-/m0/s1. The van der Waals surface area contributed by atoms with Gasteiger partial charge in [-0.1, -0.05) is 31.6 Å². The van der Waals surface area contributed by atoms with Gasteiger partial charge in [-0.2, -0.15) is 0 Å². The third-order valence-electron chi connectivity index (χ3n) is 3.56. The lowest BCUT2D eigenvalue weighted by atomic mass is 9.68. The van der Waals surface area contributed by atoms with Gasteiger partial charge in [0.15, 0.2) is 5.78 Å². The van der Waals surface area contributed by atoms with Gasteiger partial charge in [0.05, 0.1) is 0 Å². The normalized spacial score (nSPS) is 26.1. The second-order valence-electron chi connectivity index (χ2n) is 5.36. The summed E-state index contributed by atoms with van der Waals surface area (Å²) in [5, 5.41) is 0. The van der Waals surface area contributed by atoms with Gasteiger partial charge in [0.1, 0.15) is 0 Å². The largest absolute Gasteiger partial charge is 0.295 e. The fourth-order valence-electron chi connectivity index (χ4n) is 2.30. The molecule has 1 aliphatic carbocycles. The number of hydrogen-bond acceptors (Lipinski definition) is 1. The number of Topliss-reactive ketones (excluding diaryl/α,β-unsaturated/α-hetero) is 1. The molecule has 0 fully saturated rings. The molecule has 0 saturated heterocycles. The monoisotopic (exact) mass is 206 g/mol. The van der Waals surface area contributed by atoms with Crippen LogP contribution in [-0.2, 0) is 4.79 Å². The van der Waals surface area contributed by atoms with Crippen molar-refractivity contribution in [3.05, 3.63) is 23.3 Å². The van der Waals surface area contributed by atoms with Gasteiger partial charge in [0.2, 0.25) is 0 Å². The van der Waals surface area contributed by atoms with Crippen molar-refractivity contribution >= 4 is 5.78 Å². The van der Waals surface area contributed by atoms with E-state index >= 15 is 0 Å². The minimum absolute atomic E-state index is 0.184. The Labute approximate surface area is 93.3 Å². The Hall–Kier alpha value is -0.850. The minimum Gasteiger partial charge on any atom is -0.295 e. The van der Waals surface area contributed by atoms with Crippen LogP contribution in [0.2, 0.25) is 0 Å². The topological polar surface area (TPSA) is 17.1 Å². The van der Waals surface area contributed by atoms with Gasteiger partial charge in [-0.05, 0) is 44.6 Å². The highest BCUT2D eigenvalue weighted by Gasteiger charge is 2.31. The second kappa shape index (κ2) is 4.34. The molecule has 1 aliphatic rings. The molecular weight excluding hydrogens is 184 g/mol. The minimum atomic E-state index is 0.184. The van der Waals surface area contributed by atoms with Gasteiger partial charge in [-0.25, -0.2) is 0 Å². The maximum atomic E-state index is 11.2. The summed E-state index contributed by atoms with van der Waals surface area (Å²) in [5.41, 5.74) is 2.59. The molecule has 0 N–H and O–H groups in total. The molecule has 0 bridgehead atoms. The molecule has 0 aromatic rings. The first-order valence-electron chi connectivity index (χ1n) is 5.70. The molecule has 1 atom stereocenters. The van der Waals surface area contributed by atoms with Crippen LogP contribution in [0.3, 0.4) is 0 Å². The van der Waals surface area contributed by atoms with E-state index in [0.717, 1.165) is 5.57 Å². The van der Waals surface area contributed by atoms with Crippen LogP contribution in [0.25, 0.3) is 0 Å². The predicted molar refractivity (Wildman–Crippen MR) is 64.7 cm³/mol. The summed E-state index contributed by atoms with van der Waals surface area (Å²) in [7, 11) is 0. The highest BCUT2D eigenvalue weighted by molar-refractivity contribution is 5.92. The fourth-order valence-corrected chi connectivity index (χ4v) is 2.30. The van der Waals surface area contributed by atoms with Gasteiger partial charge in [0, 0.05) is 5.92 Å². The summed E-state index contributed by atoms with van der Waals surface area (Å²) >= 11 is 0. The first-order valence-corrected chi connectivity index (χ1v) is 5.70. The van der Waals surface area contributed by atoms with Crippen LogP contribution in [0.5, 0.6) is 0 Å². The van der Waals surface area contributed by atoms with Gasteiger partial charge >= 0.3 is 0 Å². The molecule has 0 aromatic heterocycles. The van der Waals surface area contributed by atoms with Crippen molar-refractivity contribution in [2.24, 2.45) is 11.3 Å². The molecule has 0 saturated carbocycles. The molecule has 0 spiro atoms. The first-order chi connectivity index (χ1) is 6.84. The summed E-state index contributed by atoms with van der Waals surface area (Å²) in [6, 6.07) is 0. The SMILES string of the molecule is CC(=O)/C(C)=C/[C@H]1C(C)=CCCC1(C)C. The highest BCUT2D eigenvalue weighted by atomic mass is 16.1. The number of carbonyl (C=O) groups is 1. The van der Waals surface area contributed by atoms with E-state index < -0.39 is 0 Å². The fraction of sp³-hybridized carbons (Fsp3) is 0.643. The highest BCUT2D eigenvalue weighted by Crippen LogP contribution is 2.42. The molecular formula is C14H22O. The van der Waals surface area contributed by atoms with Crippen LogP contribution in [0.1, 0.15) is 47.5 Å². The zero-order valence-corrected chi connectivity index (χ0v) is 10.6. The van der Waals surface area contributed by atoms with E-state index in [2.05, 4.69) is 32.9 Å². The predicted octanol–water partition coefficient (Wildman–Crippen LogP) is 3.90. The molecule has 84 valence electrons. The Morgan fingerprint density at radius 3 is 2.53 bits per heavy atom. The summed E-state index contributed by atoms with van der Waals surface area (Å²) in [6.07, 6.45) is 6.83. The molecule has 1 rings (SSSR count). The van der Waals surface area contributed by atoms with Crippen LogP contribution < -0.4 is 0 Å². The van der Waals surface area contributed by atoms with E-state index in [9.17, 15) is 4.79 Å². The Kier molecular flexibility index (Phi) is 3.54. The van der Waals surface area contributed by atoms with E-state index in [1.807, 2.05) is 6.92 Å². The lowest BCUT2D eigenvalue weighted by Crippen LogP contribution is -2.26. The van der Waals surface area contributed by atoms with Crippen molar-refractivity contribution in [2.45, 2.75) is 47.5 Å². The third-order valence-corrected chi connectivity index (χ3v) is 3.56. The van der Waals surface area contributed by atoms with Gasteiger partial charge < -0.3 is 0 Å². The van der Waals surface area contributed by atoms with Crippen molar-refractivity contribution in [1.29, 1.82) is 0 Å². The Balaban J connectivity index is 3.00. The lowest BCUT2D eigenvalue weighted by Gasteiger charge is -2.37. The van der Waals surface area contributed by atoms with Crippen molar-refractivity contribution in [3.8, 4) is 0 Å². The lowest BCUT2D eigenvalue weighted by molar-refractivity contribution is -0.113. The molecule has 0 aliphatic heterocycles. The molecule has 0 amide bonds. The maximum absolute atomic E-state index is 11.2. The van der Waals surface area contributed by atoms with Crippen molar-refractivity contribution < 1.29 is 4.79 Å². The molecule has 15 heavy (non-hydrogen) atoms. The number of ketones is 1. The second-order valence-corrected chi connectivity index (χ2v) is 5.36. The van der Waals surface area contributed by atoms with Gasteiger partial charge in [-0.15, -0.1) is 0 Å². The molecule has 1 heteroatoms. The molecule has 0 unspecified atom stereocenters. The number of allylic oxidation sites excluding steroid dienone is 4. The van der Waals surface area contributed by atoms with Gasteiger partial charge in [0.25, 0.3) is 0 Å². The van der Waals surface area contributed by atoms with Crippen LogP contribution in [-0.4, -0.2) is 5.78 Å². The summed E-state index contributed by atoms with van der Waals surface area (Å²) < 4.78 is 0. The zero-order valence-electron chi connectivity index (χ0n) is 10.6. The van der Waals surface area contributed by atoms with E-state index in [1.54, 1.807) is 6.92 Å². The summed E-state index contributed by atoms with van der Waals surface area (Å²) in [5.74, 6) is 0.610. The average molecular weight is 206 g/mol. The summed E-state index contributed by atoms with van der Waals surface area (Å²) in [6.45, 7) is 10.3. The summed E-state index contributed by atoms with van der Waals surface area (Å²) in [4.78, 5) is 11.2. The molecule has 0 radical (unpaired) electrons. The first kappa shape index (κ1) is 12.2. The van der Waals surface area contributed by atoms with E-state index in [1.165, 1.54) is 18.4 Å². The Bertz CT molecular complexity index is 318. The van der Waals surface area contributed by atoms with Crippen LogP contribution in [0.15, 0.2) is 23.3 Å². The Morgan fingerprint density at radius 1 is 1.47 bits per heavy atom. The van der Waals surface area contributed by atoms with Crippen LogP contribution in [0, 0.1) is 11.3 Å². The zero-order chi connectivity index (χ0) is 11.6.